The van der Waals surface area contributed by atoms with E-state index in [4.69, 9.17) is 5.73 Å². The minimum atomic E-state index is -0.129. The Hall–Kier alpha value is -1.24. The van der Waals surface area contributed by atoms with E-state index in [1.54, 1.807) is 16.7 Å². The zero-order valence-electron chi connectivity index (χ0n) is 10.1. The van der Waals surface area contributed by atoms with Crippen molar-refractivity contribution in [3.63, 3.8) is 0 Å². The SMILES string of the molecule is C[C@@H](NC(=O)c1csc(CCN)n1)c1cccs1. The van der Waals surface area contributed by atoms with Gasteiger partial charge in [-0.3, -0.25) is 4.79 Å². The number of hydrogen-bond acceptors (Lipinski definition) is 5. The van der Waals surface area contributed by atoms with Crippen molar-refractivity contribution in [3.05, 3.63) is 38.5 Å². The summed E-state index contributed by atoms with van der Waals surface area (Å²) in [4.78, 5) is 17.4. The van der Waals surface area contributed by atoms with E-state index < -0.39 is 0 Å². The van der Waals surface area contributed by atoms with Crippen LogP contribution in [0.1, 0.15) is 33.3 Å². The number of thiazole rings is 1. The van der Waals surface area contributed by atoms with Gasteiger partial charge >= 0.3 is 0 Å². The smallest absolute Gasteiger partial charge is 0.271 e. The summed E-state index contributed by atoms with van der Waals surface area (Å²) in [6.07, 6.45) is 0.721. The summed E-state index contributed by atoms with van der Waals surface area (Å²) in [5.41, 5.74) is 5.94. The monoisotopic (exact) mass is 281 g/mol. The molecule has 2 rings (SSSR count). The van der Waals surface area contributed by atoms with E-state index >= 15 is 0 Å². The second-order valence-electron chi connectivity index (χ2n) is 3.88. The van der Waals surface area contributed by atoms with Crippen molar-refractivity contribution >= 4 is 28.6 Å². The Labute approximate surface area is 114 Å². The number of nitrogens with zero attached hydrogens (tertiary/aromatic N) is 1. The molecule has 1 amide bonds. The van der Waals surface area contributed by atoms with Gasteiger partial charge < -0.3 is 11.1 Å². The summed E-state index contributed by atoms with van der Waals surface area (Å²) < 4.78 is 0. The van der Waals surface area contributed by atoms with Crippen LogP contribution in [0.25, 0.3) is 0 Å². The predicted octanol–water partition coefficient (Wildman–Crippen LogP) is 2.20. The summed E-state index contributed by atoms with van der Waals surface area (Å²) in [7, 11) is 0. The van der Waals surface area contributed by atoms with Crippen LogP contribution in [0, 0.1) is 0 Å². The van der Waals surface area contributed by atoms with E-state index in [9.17, 15) is 4.79 Å². The molecule has 3 N–H and O–H groups in total. The first kappa shape index (κ1) is 13.2. The van der Waals surface area contributed by atoms with Gasteiger partial charge in [0.15, 0.2) is 0 Å². The fraction of sp³-hybridized carbons (Fsp3) is 0.333. The van der Waals surface area contributed by atoms with Gasteiger partial charge in [0.1, 0.15) is 5.69 Å². The predicted molar refractivity (Wildman–Crippen MR) is 75.1 cm³/mol. The van der Waals surface area contributed by atoms with Crippen molar-refractivity contribution in [1.29, 1.82) is 0 Å². The Morgan fingerprint density at radius 1 is 1.56 bits per heavy atom. The molecule has 0 aliphatic heterocycles. The van der Waals surface area contributed by atoms with E-state index in [0.29, 0.717) is 12.2 Å². The van der Waals surface area contributed by atoms with Crippen LogP contribution in [0.5, 0.6) is 0 Å². The van der Waals surface area contributed by atoms with Gasteiger partial charge in [0.2, 0.25) is 0 Å². The average molecular weight is 281 g/mol. The van der Waals surface area contributed by atoms with E-state index in [0.717, 1.165) is 16.3 Å². The molecule has 1 atom stereocenters. The number of hydrogen-bond donors (Lipinski definition) is 2. The Balaban J connectivity index is 1.98. The summed E-state index contributed by atoms with van der Waals surface area (Å²) >= 11 is 3.11. The second-order valence-corrected chi connectivity index (χ2v) is 5.80. The molecule has 6 heteroatoms. The molecule has 0 radical (unpaired) electrons. The van der Waals surface area contributed by atoms with Gasteiger partial charge in [0.25, 0.3) is 5.91 Å². The van der Waals surface area contributed by atoms with Crippen LogP contribution in [-0.4, -0.2) is 17.4 Å². The third-order valence-electron chi connectivity index (χ3n) is 2.46. The highest BCUT2D eigenvalue weighted by molar-refractivity contribution is 7.10. The Morgan fingerprint density at radius 3 is 3.06 bits per heavy atom. The van der Waals surface area contributed by atoms with E-state index in [2.05, 4.69) is 10.3 Å². The molecule has 2 heterocycles. The largest absolute Gasteiger partial charge is 0.343 e. The molecule has 2 aromatic heterocycles. The van der Waals surface area contributed by atoms with Gasteiger partial charge in [0.05, 0.1) is 11.0 Å². The zero-order valence-corrected chi connectivity index (χ0v) is 11.7. The lowest BCUT2D eigenvalue weighted by Crippen LogP contribution is -2.26. The molecule has 2 aromatic rings. The number of thiophene rings is 1. The van der Waals surface area contributed by atoms with Crippen molar-refractivity contribution in [3.8, 4) is 0 Å². The van der Waals surface area contributed by atoms with Crippen molar-refractivity contribution in [2.45, 2.75) is 19.4 Å². The molecular weight excluding hydrogens is 266 g/mol. The van der Waals surface area contributed by atoms with Gasteiger partial charge in [-0.2, -0.15) is 0 Å². The third kappa shape index (κ3) is 3.16. The molecule has 0 fully saturated rings. The second kappa shape index (κ2) is 6.08. The summed E-state index contributed by atoms with van der Waals surface area (Å²) in [5, 5.41) is 7.63. The lowest BCUT2D eigenvalue weighted by atomic mass is 10.2. The standard InChI is InChI=1S/C12H15N3OS2/c1-8(10-3-2-6-17-10)14-12(16)9-7-18-11(15-9)4-5-13/h2-3,6-8H,4-5,13H2,1H3,(H,14,16)/t8-/m1/s1. The van der Waals surface area contributed by atoms with E-state index in [1.807, 2.05) is 24.4 Å². The molecule has 0 unspecified atom stereocenters. The zero-order chi connectivity index (χ0) is 13.0. The van der Waals surface area contributed by atoms with E-state index in [1.165, 1.54) is 11.3 Å². The van der Waals surface area contributed by atoms with Crippen molar-refractivity contribution in [2.75, 3.05) is 6.54 Å². The number of aromatic nitrogens is 1. The summed E-state index contributed by atoms with van der Waals surface area (Å²) in [6, 6.07) is 4.00. The molecule has 0 aliphatic rings. The number of carbonyl (C=O) groups is 1. The highest BCUT2D eigenvalue weighted by atomic mass is 32.1. The van der Waals surface area contributed by atoms with Crippen molar-refractivity contribution in [1.82, 2.24) is 10.3 Å². The number of rotatable bonds is 5. The summed E-state index contributed by atoms with van der Waals surface area (Å²) in [5.74, 6) is -0.129. The number of nitrogens with one attached hydrogen (secondary N) is 1. The van der Waals surface area contributed by atoms with Crippen LogP contribution >= 0.6 is 22.7 Å². The Kier molecular flexibility index (Phi) is 4.46. The number of carbonyl (C=O) groups excluding carboxylic acids is 1. The molecule has 0 bridgehead atoms. The minimum absolute atomic E-state index is 0.0113. The lowest BCUT2D eigenvalue weighted by Gasteiger charge is -2.10. The number of amides is 1. The quantitative estimate of drug-likeness (QED) is 0.883. The van der Waals surface area contributed by atoms with Crippen LogP contribution in [0.15, 0.2) is 22.9 Å². The minimum Gasteiger partial charge on any atom is -0.343 e. The number of nitrogens with two attached hydrogens (primary N) is 1. The van der Waals surface area contributed by atoms with E-state index in [-0.39, 0.29) is 11.9 Å². The lowest BCUT2D eigenvalue weighted by molar-refractivity contribution is 0.0936. The normalized spacial score (nSPS) is 12.3. The fourth-order valence-electron chi connectivity index (χ4n) is 1.53. The van der Waals surface area contributed by atoms with Crippen LogP contribution in [0.4, 0.5) is 0 Å². The van der Waals surface area contributed by atoms with Gasteiger partial charge in [-0.25, -0.2) is 4.98 Å². The molecule has 18 heavy (non-hydrogen) atoms. The van der Waals surface area contributed by atoms with Crippen molar-refractivity contribution < 1.29 is 4.79 Å². The molecule has 0 saturated carbocycles. The molecule has 4 nitrogen and oxygen atoms in total. The third-order valence-corrected chi connectivity index (χ3v) is 4.42. The maximum Gasteiger partial charge on any atom is 0.271 e. The average Bonchev–Trinajstić information content (AvgIpc) is 3.00. The van der Waals surface area contributed by atoms with Crippen LogP contribution in [0.3, 0.4) is 0 Å². The van der Waals surface area contributed by atoms with Crippen LogP contribution < -0.4 is 11.1 Å². The Morgan fingerprint density at radius 2 is 2.39 bits per heavy atom. The molecule has 0 aromatic carbocycles. The fourth-order valence-corrected chi connectivity index (χ4v) is 3.06. The van der Waals surface area contributed by atoms with Crippen LogP contribution in [-0.2, 0) is 6.42 Å². The van der Waals surface area contributed by atoms with Crippen LogP contribution in [0.2, 0.25) is 0 Å². The Bertz CT molecular complexity index is 507. The highest BCUT2D eigenvalue weighted by Crippen LogP contribution is 2.19. The van der Waals surface area contributed by atoms with Gasteiger partial charge in [0, 0.05) is 16.7 Å². The molecule has 96 valence electrons. The van der Waals surface area contributed by atoms with Gasteiger partial charge in [-0.15, -0.1) is 22.7 Å². The molecule has 0 saturated heterocycles. The summed E-state index contributed by atoms with van der Waals surface area (Å²) in [6.45, 7) is 2.52. The van der Waals surface area contributed by atoms with Gasteiger partial charge in [-0.1, -0.05) is 6.07 Å². The topological polar surface area (TPSA) is 68.0 Å². The molecule has 0 spiro atoms. The van der Waals surface area contributed by atoms with Crippen molar-refractivity contribution in [2.24, 2.45) is 5.73 Å². The maximum absolute atomic E-state index is 12.0. The first-order valence-electron chi connectivity index (χ1n) is 5.69. The highest BCUT2D eigenvalue weighted by Gasteiger charge is 2.14. The maximum atomic E-state index is 12.0. The first-order chi connectivity index (χ1) is 8.70. The first-order valence-corrected chi connectivity index (χ1v) is 7.45. The molecule has 0 aliphatic carbocycles. The van der Waals surface area contributed by atoms with Gasteiger partial charge in [-0.05, 0) is 24.9 Å². The molecular formula is C12H15N3OS2.